The summed E-state index contributed by atoms with van der Waals surface area (Å²) in [4.78, 5) is 15.1. The van der Waals surface area contributed by atoms with Gasteiger partial charge in [0.2, 0.25) is 5.89 Å². The van der Waals surface area contributed by atoms with Crippen LogP contribution in [0.1, 0.15) is 47.5 Å². The maximum atomic E-state index is 13.9. The fourth-order valence-corrected chi connectivity index (χ4v) is 4.04. The molecule has 1 aliphatic rings. The summed E-state index contributed by atoms with van der Waals surface area (Å²) in [6.07, 6.45) is 2.45. The number of benzene rings is 2. The van der Waals surface area contributed by atoms with Crippen molar-refractivity contribution in [3.63, 3.8) is 0 Å². The Balaban J connectivity index is 1.32. The van der Waals surface area contributed by atoms with E-state index in [4.69, 9.17) is 9.51 Å². The number of aromatic nitrogens is 4. The largest absolute Gasteiger partial charge is 0.341 e. The second kappa shape index (κ2) is 7.40. The van der Waals surface area contributed by atoms with Crippen molar-refractivity contribution in [1.29, 1.82) is 0 Å². The first-order valence-electron chi connectivity index (χ1n) is 9.91. The highest BCUT2D eigenvalue weighted by Crippen LogP contribution is 2.32. The summed E-state index contributed by atoms with van der Waals surface area (Å²) in [6, 6.07) is 13.1. The van der Waals surface area contributed by atoms with Gasteiger partial charge in [-0.05, 0) is 55.6 Å². The summed E-state index contributed by atoms with van der Waals surface area (Å²) in [5, 5.41) is 4.03. The maximum Gasteiger partial charge on any atom is 0.240 e. The molecular weight excluding hydrogens is 369 g/mol. The van der Waals surface area contributed by atoms with Gasteiger partial charge in [0.05, 0.1) is 23.6 Å². The molecule has 0 spiro atoms. The molecule has 2 aromatic heterocycles. The van der Waals surface area contributed by atoms with Crippen molar-refractivity contribution in [1.82, 2.24) is 25.0 Å². The summed E-state index contributed by atoms with van der Waals surface area (Å²) >= 11 is 0. The fraction of sp³-hybridized carbons (Fsp3) is 0.318. The molecule has 7 heteroatoms. The molecule has 0 bridgehead atoms. The highest BCUT2D eigenvalue weighted by Gasteiger charge is 2.30. The average Bonchev–Trinajstić information content (AvgIpc) is 3.43. The Morgan fingerprint density at radius 1 is 1.21 bits per heavy atom. The topological polar surface area (TPSA) is 70.8 Å². The second-order valence-electron chi connectivity index (χ2n) is 7.64. The quantitative estimate of drug-likeness (QED) is 0.549. The van der Waals surface area contributed by atoms with Gasteiger partial charge in [-0.25, -0.2) is 9.37 Å². The van der Waals surface area contributed by atoms with Gasteiger partial charge in [-0.15, -0.1) is 0 Å². The van der Waals surface area contributed by atoms with Crippen LogP contribution >= 0.6 is 0 Å². The number of likely N-dealkylation sites (tertiary alicyclic amines) is 1. The summed E-state index contributed by atoms with van der Waals surface area (Å²) in [7, 11) is 0. The zero-order chi connectivity index (χ0) is 19.8. The highest BCUT2D eigenvalue weighted by atomic mass is 19.1. The molecule has 0 unspecified atom stereocenters. The van der Waals surface area contributed by atoms with E-state index in [2.05, 4.69) is 45.1 Å². The number of imidazole rings is 1. The lowest BCUT2D eigenvalue weighted by Crippen LogP contribution is -2.23. The number of aryl methyl sites for hydroxylation is 1. The van der Waals surface area contributed by atoms with Crippen LogP contribution in [-0.2, 0) is 13.0 Å². The Labute approximate surface area is 167 Å². The van der Waals surface area contributed by atoms with Crippen molar-refractivity contribution in [2.45, 2.75) is 38.8 Å². The second-order valence-corrected chi connectivity index (χ2v) is 7.64. The van der Waals surface area contributed by atoms with Crippen molar-refractivity contribution in [2.75, 3.05) is 6.54 Å². The van der Waals surface area contributed by atoms with Gasteiger partial charge in [0.25, 0.3) is 0 Å². The van der Waals surface area contributed by atoms with E-state index in [0.29, 0.717) is 30.2 Å². The van der Waals surface area contributed by atoms with E-state index in [9.17, 15) is 4.39 Å². The van der Waals surface area contributed by atoms with Gasteiger partial charge in [-0.1, -0.05) is 29.4 Å². The van der Waals surface area contributed by atoms with Crippen molar-refractivity contribution < 1.29 is 8.91 Å². The van der Waals surface area contributed by atoms with E-state index in [1.54, 1.807) is 12.1 Å². The number of halogens is 1. The average molecular weight is 391 g/mol. The number of hydrogen-bond acceptors (Lipinski definition) is 5. The van der Waals surface area contributed by atoms with Crippen LogP contribution < -0.4 is 0 Å². The molecule has 0 aliphatic carbocycles. The van der Waals surface area contributed by atoms with Gasteiger partial charge < -0.3 is 9.51 Å². The molecule has 148 valence electrons. The molecular formula is C22H22FN5O. The predicted molar refractivity (Wildman–Crippen MR) is 107 cm³/mol. The van der Waals surface area contributed by atoms with Crippen molar-refractivity contribution in [3.05, 3.63) is 76.9 Å². The third-order valence-electron chi connectivity index (χ3n) is 5.49. The van der Waals surface area contributed by atoms with Crippen LogP contribution in [0.3, 0.4) is 0 Å². The van der Waals surface area contributed by atoms with Gasteiger partial charge in [0, 0.05) is 6.42 Å². The SMILES string of the molecule is Cc1ccc2nc([C@H]3CCCN3Cc3nc(Cc4ccccc4F)no3)[nH]c2c1. The number of nitrogens with one attached hydrogen (secondary N) is 1. The minimum absolute atomic E-state index is 0.199. The fourth-order valence-electron chi connectivity index (χ4n) is 4.04. The number of hydrogen-bond donors (Lipinski definition) is 1. The lowest BCUT2D eigenvalue weighted by atomic mass is 10.1. The number of rotatable bonds is 5. The van der Waals surface area contributed by atoms with Crippen LogP contribution in [0.25, 0.3) is 11.0 Å². The summed E-state index contributed by atoms with van der Waals surface area (Å²) in [5.74, 6) is 1.78. The Bertz CT molecular complexity index is 1150. The molecule has 1 atom stereocenters. The van der Waals surface area contributed by atoms with Gasteiger partial charge in [0.1, 0.15) is 11.6 Å². The molecule has 1 fully saturated rings. The summed E-state index contributed by atoms with van der Waals surface area (Å²) in [6.45, 7) is 3.59. The van der Waals surface area contributed by atoms with Crippen molar-refractivity contribution in [2.24, 2.45) is 0 Å². The Morgan fingerprint density at radius 3 is 3.00 bits per heavy atom. The molecule has 3 heterocycles. The minimum Gasteiger partial charge on any atom is -0.341 e. The molecule has 1 aliphatic heterocycles. The maximum absolute atomic E-state index is 13.9. The van der Waals surface area contributed by atoms with E-state index in [1.165, 1.54) is 11.6 Å². The van der Waals surface area contributed by atoms with Crippen LogP contribution in [0.4, 0.5) is 4.39 Å². The summed E-state index contributed by atoms with van der Waals surface area (Å²) < 4.78 is 19.3. The molecule has 6 nitrogen and oxygen atoms in total. The van der Waals surface area contributed by atoms with Crippen LogP contribution in [0, 0.1) is 12.7 Å². The first-order valence-corrected chi connectivity index (χ1v) is 9.91. The molecule has 5 rings (SSSR count). The molecule has 0 saturated carbocycles. The zero-order valence-corrected chi connectivity index (χ0v) is 16.2. The number of fused-ring (bicyclic) bond motifs is 1. The number of nitrogens with zero attached hydrogens (tertiary/aromatic N) is 4. The molecule has 29 heavy (non-hydrogen) atoms. The Hall–Kier alpha value is -3.06. The molecule has 2 aromatic carbocycles. The van der Waals surface area contributed by atoms with Gasteiger partial charge >= 0.3 is 0 Å². The van der Waals surface area contributed by atoms with E-state index in [-0.39, 0.29) is 11.9 Å². The van der Waals surface area contributed by atoms with Crippen molar-refractivity contribution >= 4 is 11.0 Å². The van der Waals surface area contributed by atoms with Crippen LogP contribution in [-0.4, -0.2) is 31.6 Å². The minimum atomic E-state index is -0.251. The standard InChI is InChI=1S/C22H22FN5O/c1-14-8-9-17-18(11-14)25-22(24-17)19-7-4-10-28(19)13-21-26-20(27-29-21)12-15-5-2-3-6-16(15)23/h2-3,5-6,8-9,11,19H,4,7,10,12-13H2,1H3,(H,24,25)/t19-/m1/s1. The Kier molecular flexibility index (Phi) is 4.60. The molecule has 1 saturated heterocycles. The first kappa shape index (κ1) is 18.0. The van der Waals surface area contributed by atoms with E-state index >= 15 is 0 Å². The molecule has 0 radical (unpaired) electrons. The lowest BCUT2D eigenvalue weighted by molar-refractivity contribution is 0.207. The van der Waals surface area contributed by atoms with Gasteiger partial charge in [-0.2, -0.15) is 4.98 Å². The van der Waals surface area contributed by atoms with Gasteiger partial charge in [-0.3, -0.25) is 4.90 Å². The molecule has 4 aromatic rings. The smallest absolute Gasteiger partial charge is 0.240 e. The number of aromatic amines is 1. The van der Waals surface area contributed by atoms with E-state index in [1.807, 2.05) is 6.07 Å². The van der Waals surface area contributed by atoms with Crippen LogP contribution in [0.2, 0.25) is 0 Å². The van der Waals surface area contributed by atoms with Crippen LogP contribution in [0.15, 0.2) is 47.0 Å². The molecule has 1 N–H and O–H groups in total. The number of H-pyrrole nitrogens is 1. The summed E-state index contributed by atoms with van der Waals surface area (Å²) in [5.41, 5.74) is 3.83. The van der Waals surface area contributed by atoms with E-state index < -0.39 is 0 Å². The third kappa shape index (κ3) is 3.65. The van der Waals surface area contributed by atoms with E-state index in [0.717, 1.165) is 36.2 Å². The lowest BCUT2D eigenvalue weighted by Gasteiger charge is -2.20. The monoisotopic (exact) mass is 391 g/mol. The molecule has 0 amide bonds. The van der Waals surface area contributed by atoms with Crippen LogP contribution in [0.5, 0.6) is 0 Å². The first-order chi connectivity index (χ1) is 14.2. The highest BCUT2D eigenvalue weighted by molar-refractivity contribution is 5.75. The normalized spacial score (nSPS) is 17.4. The predicted octanol–water partition coefficient (Wildman–Crippen LogP) is 4.32. The van der Waals surface area contributed by atoms with Crippen molar-refractivity contribution in [3.8, 4) is 0 Å². The zero-order valence-electron chi connectivity index (χ0n) is 16.2. The third-order valence-corrected chi connectivity index (χ3v) is 5.49. The van der Waals surface area contributed by atoms with Gasteiger partial charge in [0.15, 0.2) is 5.82 Å². The Morgan fingerprint density at radius 2 is 2.10 bits per heavy atom.